The zero-order valence-electron chi connectivity index (χ0n) is 17.6. The summed E-state index contributed by atoms with van der Waals surface area (Å²) in [4.78, 5) is 27.2. The SMILES string of the molecule is CC(C(=O)NCc1ccc(Cl)cc1)N(Cc1ccc(F)cc1)C(=O)COc1ccccc1. The number of nitrogens with one attached hydrogen (secondary N) is 1. The predicted octanol–water partition coefficient (Wildman–Crippen LogP) is 4.59. The second-order valence-electron chi connectivity index (χ2n) is 7.27. The van der Waals surface area contributed by atoms with Gasteiger partial charge in [0.1, 0.15) is 17.6 Å². The molecule has 0 fully saturated rings. The van der Waals surface area contributed by atoms with E-state index in [0.717, 1.165) is 5.56 Å². The van der Waals surface area contributed by atoms with Crippen LogP contribution in [0.1, 0.15) is 18.1 Å². The first-order chi connectivity index (χ1) is 15.4. The van der Waals surface area contributed by atoms with Crippen LogP contribution >= 0.6 is 11.6 Å². The van der Waals surface area contributed by atoms with Crippen molar-refractivity contribution >= 4 is 23.4 Å². The number of carbonyl (C=O) groups excluding carboxylic acids is 2. The molecule has 32 heavy (non-hydrogen) atoms. The number of benzene rings is 3. The number of amides is 2. The van der Waals surface area contributed by atoms with Crippen molar-refractivity contribution in [2.75, 3.05) is 6.61 Å². The molecule has 0 saturated heterocycles. The van der Waals surface area contributed by atoms with E-state index in [9.17, 15) is 14.0 Å². The normalized spacial score (nSPS) is 11.5. The number of rotatable bonds is 9. The standard InChI is InChI=1S/C25H24ClFN2O3/c1-18(25(31)28-15-19-7-11-21(26)12-8-19)29(16-20-9-13-22(27)14-10-20)24(30)17-32-23-5-3-2-4-6-23/h2-14,18H,15-17H2,1H3,(H,28,31). The maximum Gasteiger partial charge on any atom is 0.261 e. The number of carbonyl (C=O) groups is 2. The van der Waals surface area contributed by atoms with Crippen LogP contribution in [0, 0.1) is 5.82 Å². The van der Waals surface area contributed by atoms with Gasteiger partial charge in [-0.25, -0.2) is 4.39 Å². The maximum absolute atomic E-state index is 13.3. The van der Waals surface area contributed by atoms with Crippen molar-refractivity contribution in [1.29, 1.82) is 0 Å². The Morgan fingerprint density at radius 1 is 0.969 bits per heavy atom. The molecule has 2 amide bonds. The fourth-order valence-electron chi connectivity index (χ4n) is 3.05. The van der Waals surface area contributed by atoms with Crippen molar-refractivity contribution in [2.45, 2.75) is 26.1 Å². The number of para-hydroxylation sites is 1. The Balaban J connectivity index is 1.68. The topological polar surface area (TPSA) is 58.6 Å². The highest BCUT2D eigenvalue weighted by Crippen LogP contribution is 2.14. The van der Waals surface area contributed by atoms with E-state index in [4.69, 9.17) is 16.3 Å². The largest absolute Gasteiger partial charge is 0.484 e. The van der Waals surface area contributed by atoms with Gasteiger partial charge in [0, 0.05) is 18.1 Å². The molecule has 0 heterocycles. The van der Waals surface area contributed by atoms with Gasteiger partial charge in [0.25, 0.3) is 5.91 Å². The van der Waals surface area contributed by atoms with Crippen molar-refractivity contribution in [3.8, 4) is 5.75 Å². The van der Waals surface area contributed by atoms with Crippen LogP contribution in [0.5, 0.6) is 5.75 Å². The van der Waals surface area contributed by atoms with E-state index in [1.54, 1.807) is 43.3 Å². The van der Waals surface area contributed by atoms with Gasteiger partial charge in [-0.3, -0.25) is 9.59 Å². The second-order valence-corrected chi connectivity index (χ2v) is 7.71. The van der Waals surface area contributed by atoms with Gasteiger partial charge in [0.05, 0.1) is 0 Å². The number of halogens is 2. The van der Waals surface area contributed by atoms with Crippen molar-refractivity contribution in [2.24, 2.45) is 0 Å². The van der Waals surface area contributed by atoms with Crippen LogP contribution in [0.2, 0.25) is 5.02 Å². The lowest BCUT2D eigenvalue weighted by atomic mass is 10.1. The molecule has 3 aromatic carbocycles. The Morgan fingerprint density at radius 2 is 1.59 bits per heavy atom. The average molecular weight is 455 g/mol. The third-order valence-electron chi connectivity index (χ3n) is 4.92. The zero-order valence-corrected chi connectivity index (χ0v) is 18.4. The van der Waals surface area contributed by atoms with Gasteiger partial charge in [-0.05, 0) is 54.4 Å². The Hall–Kier alpha value is -3.38. The predicted molar refractivity (Wildman–Crippen MR) is 122 cm³/mol. The summed E-state index contributed by atoms with van der Waals surface area (Å²) in [5, 5.41) is 3.46. The minimum Gasteiger partial charge on any atom is -0.484 e. The Bertz CT molecular complexity index is 1030. The second kappa shape index (κ2) is 11.3. The zero-order chi connectivity index (χ0) is 22.9. The highest BCUT2D eigenvalue weighted by atomic mass is 35.5. The summed E-state index contributed by atoms with van der Waals surface area (Å²) in [5.74, 6) is -0.474. The minimum atomic E-state index is -0.765. The quantitative estimate of drug-likeness (QED) is 0.514. The Labute approximate surface area is 191 Å². The minimum absolute atomic E-state index is 0.146. The highest BCUT2D eigenvalue weighted by Gasteiger charge is 2.26. The van der Waals surface area contributed by atoms with Gasteiger partial charge < -0.3 is 15.0 Å². The molecular weight excluding hydrogens is 431 g/mol. The smallest absolute Gasteiger partial charge is 0.261 e. The summed E-state index contributed by atoms with van der Waals surface area (Å²) in [6.45, 7) is 1.88. The van der Waals surface area contributed by atoms with Gasteiger partial charge in [-0.15, -0.1) is 0 Å². The molecule has 0 aliphatic heterocycles. The van der Waals surface area contributed by atoms with Crippen LogP contribution in [0.3, 0.4) is 0 Å². The van der Waals surface area contributed by atoms with Crippen molar-refractivity contribution in [3.63, 3.8) is 0 Å². The van der Waals surface area contributed by atoms with E-state index >= 15 is 0 Å². The van der Waals surface area contributed by atoms with Crippen LogP contribution in [0.25, 0.3) is 0 Å². The number of hydrogen-bond acceptors (Lipinski definition) is 3. The summed E-state index contributed by atoms with van der Waals surface area (Å²) >= 11 is 5.90. The third kappa shape index (κ3) is 6.82. The number of ether oxygens (including phenoxy) is 1. The van der Waals surface area contributed by atoms with Crippen LogP contribution in [0.15, 0.2) is 78.9 Å². The molecule has 0 saturated carbocycles. The average Bonchev–Trinajstić information content (AvgIpc) is 2.82. The number of nitrogens with zero attached hydrogens (tertiary/aromatic N) is 1. The van der Waals surface area contributed by atoms with Crippen molar-refractivity contribution < 1.29 is 18.7 Å². The third-order valence-corrected chi connectivity index (χ3v) is 5.17. The summed E-state index contributed by atoms with van der Waals surface area (Å²) in [7, 11) is 0. The Morgan fingerprint density at radius 3 is 2.25 bits per heavy atom. The number of hydrogen-bond donors (Lipinski definition) is 1. The van der Waals surface area contributed by atoms with Gasteiger partial charge in [0.2, 0.25) is 5.91 Å². The van der Waals surface area contributed by atoms with E-state index in [-0.39, 0.29) is 30.8 Å². The van der Waals surface area contributed by atoms with E-state index in [2.05, 4.69) is 5.32 Å². The molecule has 0 spiro atoms. The van der Waals surface area contributed by atoms with E-state index in [0.29, 0.717) is 22.9 Å². The lowest BCUT2D eigenvalue weighted by Crippen LogP contribution is -2.48. The van der Waals surface area contributed by atoms with Gasteiger partial charge in [0.15, 0.2) is 6.61 Å². The maximum atomic E-state index is 13.3. The van der Waals surface area contributed by atoms with Crippen LogP contribution in [0.4, 0.5) is 4.39 Å². The lowest BCUT2D eigenvalue weighted by Gasteiger charge is -2.28. The fourth-order valence-corrected chi connectivity index (χ4v) is 3.18. The van der Waals surface area contributed by atoms with Crippen LogP contribution in [-0.2, 0) is 22.7 Å². The van der Waals surface area contributed by atoms with Gasteiger partial charge in [-0.1, -0.05) is 54.1 Å². The molecule has 1 unspecified atom stereocenters. The van der Waals surface area contributed by atoms with E-state index in [1.807, 2.05) is 30.3 Å². The molecule has 166 valence electrons. The molecule has 3 rings (SSSR count). The van der Waals surface area contributed by atoms with Crippen LogP contribution in [-0.4, -0.2) is 29.4 Å². The molecule has 0 bridgehead atoms. The van der Waals surface area contributed by atoms with E-state index < -0.39 is 6.04 Å². The molecule has 1 atom stereocenters. The highest BCUT2D eigenvalue weighted by molar-refractivity contribution is 6.30. The summed E-state index contributed by atoms with van der Waals surface area (Å²) < 4.78 is 18.9. The van der Waals surface area contributed by atoms with Crippen LogP contribution < -0.4 is 10.1 Å². The van der Waals surface area contributed by atoms with Crippen molar-refractivity contribution in [3.05, 3.63) is 101 Å². The summed E-state index contributed by atoms with van der Waals surface area (Å²) in [5.41, 5.74) is 1.59. The summed E-state index contributed by atoms with van der Waals surface area (Å²) in [6.07, 6.45) is 0. The first-order valence-corrected chi connectivity index (χ1v) is 10.5. The van der Waals surface area contributed by atoms with Gasteiger partial charge in [-0.2, -0.15) is 0 Å². The molecule has 3 aromatic rings. The molecule has 1 N–H and O–H groups in total. The molecular formula is C25H24ClFN2O3. The molecule has 0 aliphatic rings. The summed E-state index contributed by atoms with van der Waals surface area (Å²) in [6, 6.07) is 21.2. The molecule has 5 nitrogen and oxygen atoms in total. The molecule has 0 radical (unpaired) electrons. The Kier molecular flexibility index (Phi) is 8.22. The molecule has 0 aromatic heterocycles. The lowest BCUT2D eigenvalue weighted by molar-refractivity contribution is -0.142. The van der Waals surface area contributed by atoms with Crippen molar-refractivity contribution in [1.82, 2.24) is 10.2 Å². The first kappa shape index (κ1) is 23.3. The first-order valence-electron chi connectivity index (χ1n) is 10.2. The fraction of sp³-hybridized carbons (Fsp3) is 0.200. The monoisotopic (exact) mass is 454 g/mol. The molecule has 0 aliphatic carbocycles. The van der Waals surface area contributed by atoms with Gasteiger partial charge >= 0.3 is 0 Å². The molecule has 7 heteroatoms. The van der Waals surface area contributed by atoms with E-state index in [1.165, 1.54) is 17.0 Å².